The first-order valence-corrected chi connectivity index (χ1v) is 7.08. The smallest absolute Gasteiger partial charge is 0.161 e. The van der Waals surface area contributed by atoms with Crippen LogP contribution in [0.15, 0.2) is 18.2 Å². The van der Waals surface area contributed by atoms with Crippen LogP contribution in [0, 0.1) is 17.8 Å². The molecule has 2 nitrogen and oxygen atoms in total. The molecule has 0 bridgehead atoms. The third-order valence-corrected chi connectivity index (χ3v) is 2.67. The topological polar surface area (TPSA) is 18.5 Å². The Morgan fingerprint density at radius 1 is 1.05 bits per heavy atom. The number of ether oxygens (including phenoxy) is 2. The lowest BCUT2D eigenvalue weighted by molar-refractivity contribution is 0.287. The van der Waals surface area contributed by atoms with Crippen molar-refractivity contribution in [3.63, 3.8) is 0 Å². The molecule has 0 amide bonds. The maximum absolute atomic E-state index is 5.63. The second kappa shape index (κ2) is 8.48. The van der Waals surface area contributed by atoms with Gasteiger partial charge >= 0.3 is 0 Å². The molecule has 0 aromatic heterocycles. The molecule has 0 aliphatic carbocycles. The van der Waals surface area contributed by atoms with Gasteiger partial charge in [0, 0.05) is 12.3 Å². The maximum Gasteiger partial charge on any atom is 0.161 e. The average Bonchev–Trinajstić information content (AvgIpc) is 2.40. The van der Waals surface area contributed by atoms with Crippen LogP contribution in [0.5, 0.6) is 11.5 Å². The molecule has 0 fully saturated rings. The van der Waals surface area contributed by atoms with Crippen molar-refractivity contribution in [1.82, 2.24) is 0 Å². The molecule has 1 rings (SSSR count). The van der Waals surface area contributed by atoms with Gasteiger partial charge in [-0.2, -0.15) is 0 Å². The fourth-order valence-corrected chi connectivity index (χ4v) is 1.90. The summed E-state index contributed by atoms with van der Waals surface area (Å²) in [4.78, 5) is 0. The molecule has 0 radical (unpaired) electrons. The Morgan fingerprint density at radius 2 is 1.74 bits per heavy atom. The average molecular weight is 260 g/mol. The van der Waals surface area contributed by atoms with E-state index < -0.39 is 0 Å². The van der Waals surface area contributed by atoms with E-state index in [-0.39, 0.29) is 0 Å². The zero-order valence-corrected chi connectivity index (χ0v) is 12.5. The Hall–Kier alpha value is -1.62. The largest absolute Gasteiger partial charge is 0.490 e. The van der Waals surface area contributed by atoms with Crippen molar-refractivity contribution in [3.05, 3.63) is 23.8 Å². The molecule has 1 aromatic rings. The molecule has 0 spiro atoms. The monoisotopic (exact) mass is 260 g/mol. The Bertz CT molecular complexity index is 440. The van der Waals surface area contributed by atoms with E-state index in [1.165, 1.54) is 5.56 Å². The van der Waals surface area contributed by atoms with Gasteiger partial charge in [0.2, 0.25) is 0 Å². The summed E-state index contributed by atoms with van der Waals surface area (Å²) in [5.74, 6) is 8.40. The van der Waals surface area contributed by atoms with Crippen molar-refractivity contribution in [2.75, 3.05) is 13.2 Å². The van der Waals surface area contributed by atoms with Crippen LogP contribution in [-0.4, -0.2) is 13.2 Å². The minimum atomic E-state index is 0.368. The zero-order valence-electron chi connectivity index (χ0n) is 12.5. The molecule has 0 saturated heterocycles. The van der Waals surface area contributed by atoms with Crippen LogP contribution in [0.3, 0.4) is 0 Å². The first-order valence-electron chi connectivity index (χ1n) is 7.08. The second-order valence-corrected chi connectivity index (χ2v) is 4.43. The summed E-state index contributed by atoms with van der Waals surface area (Å²) in [5, 5.41) is 0. The van der Waals surface area contributed by atoms with Gasteiger partial charge in [0.25, 0.3) is 0 Å². The Morgan fingerprint density at radius 3 is 2.37 bits per heavy atom. The van der Waals surface area contributed by atoms with E-state index >= 15 is 0 Å². The van der Waals surface area contributed by atoms with Crippen molar-refractivity contribution in [2.24, 2.45) is 5.92 Å². The van der Waals surface area contributed by atoms with Gasteiger partial charge in [0.1, 0.15) is 0 Å². The van der Waals surface area contributed by atoms with Crippen LogP contribution < -0.4 is 9.47 Å². The summed E-state index contributed by atoms with van der Waals surface area (Å²) in [6.07, 6.45) is 1.86. The fraction of sp³-hybridized carbons (Fsp3) is 0.529. The lowest BCUT2D eigenvalue weighted by Gasteiger charge is -2.13. The van der Waals surface area contributed by atoms with Crippen molar-refractivity contribution < 1.29 is 9.47 Å². The Labute approximate surface area is 117 Å². The molecule has 2 heteroatoms. The van der Waals surface area contributed by atoms with Crippen molar-refractivity contribution in [3.8, 4) is 23.3 Å². The van der Waals surface area contributed by atoms with Gasteiger partial charge in [-0.25, -0.2) is 0 Å². The zero-order chi connectivity index (χ0) is 14.1. The van der Waals surface area contributed by atoms with Crippen LogP contribution in [0.1, 0.15) is 39.7 Å². The van der Waals surface area contributed by atoms with E-state index in [9.17, 15) is 0 Å². The summed E-state index contributed by atoms with van der Waals surface area (Å²) < 4.78 is 11.2. The summed E-state index contributed by atoms with van der Waals surface area (Å²) in [7, 11) is 0. The molecule has 0 N–H and O–H groups in total. The van der Waals surface area contributed by atoms with E-state index in [1.54, 1.807) is 0 Å². The molecular weight excluding hydrogens is 236 g/mol. The third kappa shape index (κ3) is 5.26. The van der Waals surface area contributed by atoms with Crippen LogP contribution >= 0.6 is 0 Å². The SMILES string of the molecule is CCC#CC(C)Cc1ccc(OCC)c(OCC)c1. The number of hydrogen-bond acceptors (Lipinski definition) is 2. The first kappa shape index (κ1) is 15.4. The summed E-state index contributed by atoms with van der Waals surface area (Å²) in [6.45, 7) is 9.49. The second-order valence-electron chi connectivity index (χ2n) is 4.43. The lowest BCUT2D eigenvalue weighted by atomic mass is 10.0. The predicted molar refractivity (Wildman–Crippen MR) is 79.7 cm³/mol. The highest BCUT2D eigenvalue weighted by Gasteiger charge is 2.07. The van der Waals surface area contributed by atoms with Crippen molar-refractivity contribution in [1.29, 1.82) is 0 Å². The first-order chi connectivity index (χ1) is 9.21. The molecule has 19 heavy (non-hydrogen) atoms. The molecule has 1 unspecified atom stereocenters. The normalized spacial score (nSPS) is 11.4. The number of benzene rings is 1. The highest BCUT2D eigenvalue weighted by Crippen LogP contribution is 2.29. The van der Waals surface area contributed by atoms with E-state index in [0.29, 0.717) is 19.1 Å². The van der Waals surface area contributed by atoms with Gasteiger partial charge in [-0.3, -0.25) is 0 Å². The van der Waals surface area contributed by atoms with Gasteiger partial charge in [-0.15, -0.1) is 5.92 Å². The van der Waals surface area contributed by atoms with Crippen LogP contribution in [-0.2, 0) is 6.42 Å². The highest BCUT2D eigenvalue weighted by atomic mass is 16.5. The molecule has 0 saturated carbocycles. The molecule has 104 valence electrons. The van der Waals surface area contributed by atoms with Gasteiger partial charge in [0.15, 0.2) is 11.5 Å². The molecule has 0 aliphatic heterocycles. The number of rotatable bonds is 6. The third-order valence-electron chi connectivity index (χ3n) is 2.67. The quantitative estimate of drug-likeness (QED) is 0.718. The standard InChI is InChI=1S/C17H24O2/c1-5-8-9-14(4)12-15-10-11-16(18-6-2)17(13-15)19-7-3/h10-11,13-14H,5-7,12H2,1-4H3. The van der Waals surface area contributed by atoms with E-state index in [1.807, 2.05) is 19.9 Å². The van der Waals surface area contributed by atoms with E-state index in [0.717, 1.165) is 24.3 Å². The van der Waals surface area contributed by atoms with Crippen LogP contribution in [0.2, 0.25) is 0 Å². The highest BCUT2D eigenvalue weighted by molar-refractivity contribution is 5.43. The van der Waals surface area contributed by atoms with Gasteiger partial charge in [-0.05, 0) is 38.0 Å². The van der Waals surface area contributed by atoms with Gasteiger partial charge in [-0.1, -0.05) is 25.8 Å². The summed E-state index contributed by atoms with van der Waals surface area (Å²) in [6, 6.07) is 6.15. The molecule has 0 aliphatic rings. The number of hydrogen-bond donors (Lipinski definition) is 0. The molecule has 1 aromatic carbocycles. The minimum Gasteiger partial charge on any atom is -0.490 e. The molecule has 0 heterocycles. The Kier molecular flexibility index (Phi) is 6.89. The lowest BCUT2D eigenvalue weighted by Crippen LogP contribution is -2.01. The molecular formula is C17H24O2. The predicted octanol–water partition coefficient (Wildman–Crippen LogP) is 4.08. The summed E-state index contributed by atoms with van der Waals surface area (Å²) >= 11 is 0. The van der Waals surface area contributed by atoms with E-state index in [4.69, 9.17) is 9.47 Å². The van der Waals surface area contributed by atoms with Crippen molar-refractivity contribution in [2.45, 2.75) is 40.5 Å². The molecule has 1 atom stereocenters. The maximum atomic E-state index is 5.63. The van der Waals surface area contributed by atoms with Crippen LogP contribution in [0.25, 0.3) is 0 Å². The van der Waals surface area contributed by atoms with Gasteiger partial charge < -0.3 is 9.47 Å². The Balaban J connectivity index is 2.82. The van der Waals surface area contributed by atoms with Crippen LogP contribution in [0.4, 0.5) is 0 Å². The van der Waals surface area contributed by atoms with Crippen molar-refractivity contribution >= 4 is 0 Å². The minimum absolute atomic E-state index is 0.368. The van der Waals surface area contributed by atoms with E-state index in [2.05, 4.69) is 37.8 Å². The fourth-order valence-electron chi connectivity index (χ4n) is 1.90. The van der Waals surface area contributed by atoms with Gasteiger partial charge in [0.05, 0.1) is 13.2 Å². The summed E-state index contributed by atoms with van der Waals surface area (Å²) in [5.41, 5.74) is 1.24.